The molecule has 0 spiro atoms. The maximum atomic E-state index is 13.8. The number of halogens is 1. The third-order valence-electron chi connectivity index (χ3n) is 3.91. The number of benzene rings is 2. The second-order valence-electron chi connectivity index (χ2n) is 5.83. The van der Waals surface area contributed by atoms with E-state index in [1.807, 2.05) is 17.0 Å². The molecule has 2 rings (SSSR count). The van der Waals surface area contributed by atoms with Gasteiger partial charge in [-0.15, -0.1) is 5.11 Å². The summed E-state index contributed by atoms with van der Waals surface area (Å²) in [5, 5.41) is 46.9. The van der Waals surface area contributed by atoms with Crippen LogP contribution in [0.5, 0.6) is 0 Å². The Balaban J connectivity index is 2.27. The van der Waals surface area contributed by atoms with E-state index < -0.39 is 32.7 Å². The molecule has 0 saturated heterocycles. The molecule has 0 heterocycles. The monoisotopic (exact) mass is 411 g/mol. The fourth-order valence-corrected chi connectivity index (χ4v) is 2.49. The molecule has 0 unspecified atom stereocenters. The molecule has 30 heavy (non-hydrogen) atoms. The highest BCUT2D eigenvalue weighted by molar-refractivity contribution is 5.62. The zero-order valence-corrected chi connectivity index (χ0v) is 15.4. The molecule has 11 nitrogen and oxygen atoms in total. The molecular weight excluding hydrogens is 397 g/mol. The average Bonchev–Trinajstić information content (AvgIpc) is 2.72. The van der Waals surface area contributed by atoms with Crippen molar-refractivity contribution in [3.63, 3.8) is 0 Å². The minimum atomic E-state index is -1.26. The molecule has 12 heteroatoms. The van der Waals surface area contributed by atoms with Gasteiger partial charge in [0.25, 0.3) is 0 Å². The molecular formula is C18H14FN7O4. The Morgan fingerprint density at radius 3 is 2.00 bits per heavy atom. The Morgan fingerprint density at radius 1 is 0.933 bits per heavy atom. The third kappa shape index (κ3) is 5.53. The Kier molecular flexibility index (Phi) is 7.42. The maximum absolute atomic E-state index is 13.8. The van der Waals surface area contributed by atoms with Crippen molar-refractivity contribution in [1.29, 1.82) is 10.5 Å². The fraction of sp³-hybridized carbons (Fsp3) is 0.222. The molecule has 2 aromatic carbocycles. The molecule has 0 amide bonds. The van der Waals surface area contributed by atoms with Crippen molar-refractivity contribution >= 4 is 28.4 Å². The van der Waals surface area contributed by atoms with Crippen LogP contribution in [-0.2, 0) is 0 Å². The van der Waals surface area contributed by atoms with Crippen LogP contribution in [0.4, 0.5) is 32.8 Å². The lowest BCUT2D eigenvalue weighted by Gasteiger charge is -2.22. The van der Waals surface area contributed by atoms with E-state index in [4.69, 9.17) is 10.5 Å². The van der Waals surface area contributed by atoms with Crippen LogP contribution in [-0.4, -0.2) is 22.9 Å². The number of nitro groups is 2. The summed E-state index contributed by atoms with van der Waals surface area (Å²) >= 11 is 0. The van der Waals surface area contributed by atoms with Gasteiger partial charge in [-0.25, -0.2) is 0 Å². The van der Waals surface area contributed by atoms with Crippen molar-refractivity contribution in [1.82, 2.24) is 0 Å². The minimum Gasteiger partial charge on any atom is -0.369 e. The normalized spacial score (nSPS) is 10.4. The summed E-state index contributed by atoms with van der Waals surface area (Å²) in [5.41, 5.74) is -1.20. The van der Waals surface area contributed by atoms with Gasteiger partial charge in [-0.3, -0.25) is 20.2 Å². The largest absolute Gasteiger partial charge is 0.369 e. The van der Waals surface area contributed by atoms with Gasteiger partial charge in [0.1, 0.15) is 0 Å². The van der Waals surface area contributed by atoms with Crippen LogP contribution in [0, 0.1) is 48.7 Å². The lowest BCUT2D eigenvalue weighted by Crippen LogP contribution is -2.25. The number of hydrogen-bond donors (Lipinski definition) is 0. The lowest BCUT2D eigenvalue weighted by molar-refractivity contribution is -0.395. The molecule has 0 aliphatic rings. The van der Waals surface area contributed by atoms with E-state index in [1.54, 1.807) is 24.3 Å². The van der Waals surface area contributed by atoms with Gasteiger partial charge in [-0.2, -0.15) is 20.0 Å². The first kappa shape index (κ1) is 21.8. The molecule has 0 radical (unpaired) electrons. The third-order valence-corrected chi connectivity index (χ3v) is 3.91. The van der Waals surface area contributed by atoms with Crippen LogP contribution >= 0.6 is 0 Å². The van der Waals surface area contributed by atoms with Gasteiger partial charge >= 0.3 is 11.4 Å². The van der Waals surface area contributed by atoms with Crippen LogP contribution in [0.3, 0.4) is 0 Å². The highest BCUT2D eigenvalue weighted by Crippen LogP contribution is 2.35. The SMILES string of the molecule is N#CCCN(CCC#N)c1ccc(/N=N/c2cc(F)c([N+](=O)[O-])cc2[N+](=O)[O-])cc1. The first-order valence-electron chi connectivity index (χ1n) is 8.50. The summed E-state index contributed by atoms with van der Waals surface area (Å²) in [5.74, 6) is -1.26. The topological polar surface area (TPSA) is 162 Å². The maximum Gasteiger partial charge on any atom is 0.311 e. The Labute approximate surface area is 169 Å². The molecule has 0 saturated carbocycles. The van der Waals surface area contributed by atoms with E-state index in [-0.39, 0.29) is 12.8 Å². The number of anilines is 1. The molecule has 0 fully saturated rings. The number of hydrogen-bond acceptors (Lipinski definition) is 9. The van der Waals surface area contributed by atoms with Crippen molar-refractivity contribution in [3.05, 3.63) is 62.4 Å². The molecule has 152 valence electrons. The van der Waals surface area contributed by atoms with Gasteiger partial charge in [0.2, 0.25) is 5.82 Å². The van der Waals surface area contributed by atoms with E-state index in [1.165, 1.54) is 0 Å². The summed E-state index contributed by atoms with van der Waals surface area (Å²) in [6.07, 6.45) is 0.560. The molecule has 0 N–H and O–H groups in total. The van der Waals surface area contributed by atoms with E-state index in [2.05, 4.69) is 10.2 Å². The first-order valence-corrected chi connectivity index (χ1v) is 8.50. The summed E-state index contributed by atoms with van der Waals surface area (Å²) in [6, 6.07) is 11.6. The summed E-state index contributed by atoms with van der Waals surface area (Å²) in [6.45, 7) is 0.876. The van der Waals surface area contributed by atoms with Crippen LogP contribution in [0.2, 0.25) is 0 Å². The van der Waals surface area contributed by atoms with E-state index in [0.29, 0.717) is 30.9 Å². The first-order chi connectivity index (χ1) is 14.4. The van der Waals surface area contributed by atoms with Gasteiger partial charge in [-0.1, -0.05) is 0 Å². The van der Waals surface area contributed by atoms with Gasteiger partial charge in [0.15, 0.2) is 5.69 Å². The van der Waals surface area contributed by atoms with Crippen LogP contribution in [0.15, 0.2) is 46.6 Å². The van der Waals surface area contributed by atoms with Crippen molar-refractivity contribution in [2.45, 2.75) is 12.8 Å². The van der Waals surface area contributed by atoms with Crippen LogP contribution < -0.4 is 4.90 Å². The summed E-state index contributed by atoms with van der Waals surface area (Å²) < 4.78 is 13.8. The van der Waals surface area contributed by atoms with Gasteiger partial charge in [0, 0.05) is 24.8 Å². The quantitative estimate of drug-likeness (QED) is 0.328. The average molecular weight is 411 g/mol. The standard InChI is InChI=1S/C18H14FN7O4/c19-15-11-16(18(26(29)30)12-17(15)25(27)28)23-22-13-3-5-14(6-4-13)24(9-1-7-20)10-2-8-21/h3-6,11-12H,1-2,9-10H2/b23-22+. The molecule has 0 atom stereocenters. The lowest BCUT2D eigenvalue weighted by atomic mass is 10.2. The Hall–Kier alpha value is -4.45. The van der Waals surface area contributed by atoms with E-state index in [0.717, 1.165) is 5.69 Å². The number of nitrogens with zero attached hydrogens (tertiary/aromatic N) is 7. The smallest absolute Gasteiger partial charge is 0.311 e. The molecule has 0 aliphatic carbocycles. The van der Waals surface area contributed by atoms with Crippen LogP contribution in [0.1, 0.15) is 12.8 Å². The second-order valence-corrected chi connectivity index (χ2v) is 5.83. The number of azo groups is 1. The highest BCUT2D eigenvalue weighted by atomic mass is 19.1. The van der Waals surface area contributed by atoms with Crippen LogP contribution in [0.25, 0.3) is 0 Å². The Bertz CT molecular complexity index is 1040. The molecule has 0 aliphatic heterocycles. The number of nitro benzene ring substituents is 2. The van der Waals surface area contributed by atoms with Gasteiger partial charge < -0.3 is 4.90 Å². The number of nitriles is 2. The van der Waals surface area contributed by atoms with E-state index in [9.17, 15) is 24.6 Å². The number of rotatable bonds is 9. The van der Waals surface area contributed by atoms with E-state index >= 15 is 0 Å². The predicted molar refractivity (Wildman–Crippen MR) is 103 cm³/mol. The van der Waals surface area contributed by atoms with Crippen molar-refractivity contribution in [2.24, 2.45) is 10.2 Å². The predicted octanol–water partition coefficient (Wildman–Crippen LogP) is 4.69. The summed E-state index contributed by atoms with van der Waals surface area (Å²) in [7, 11) is 0. The van der Waals surface area contributed by atoms with Gasteiger partial charge in [-0.05, 0) is 24.3 Å². The second kappa shape index (κ2) is 10.2. The zero-order valence-electron chi connectivity index (χ0n) is 15.4. The fourth-order valence-electron chi connectivity index (χ4n) is 2.49. The summed E-state index contributed by atoms with van der Waals surface area (Å²) in [4.78, 5) is 21.8. The van der Waals surface area contributed by atoms with Gasteiger partial charge in [0.05, 0.1) is 46.6 Å². The van der Waals surface area contributed by atoms with Crippen molar-refractivity contribution in [3.8, 4) is 12.1 Å². The van der Waals surface area contributed by atoms with Crippen molar-refractivity contribution < 1.29 is 14.2 Å². The van der Waals surface area contributed by atoms with Crippen molar-refractivity contribution in [2.75, 3.05) is 18.0 Å². The molecule has 0 bridgehead atoms. The highest BCUT2D eigenvalue weighted by Gasteiger charge is 2.24. The molecule has 0 aromatic heterocycles. The minimum absolute atomic E-state index is 0.280. The molecule has 2 aromatic rings. The Morgan fingerprint density at radius 2 is 1.50 bits per heavy atom. The zero-order chi connectivity index (χ0) is 22.1.